The molecule has 1 fully saturated rings. The summed E-state index contributed by atoms with van der Waals surface area (Å²) in [4.78, 5) is 23.7. The summed E-state index contributed by atoms with van der Waals surface area (Å²) >= 11 is 0. The molecule has 2 aromatic carbocycles. The van der Waals surface area contributed by atoms with E-state index in [0.29, 0.717) is 25.4 Å². The molecule has 6 heteroatoms. The summed E-state index contributed by atoms with van der Waals surface area (Å²) in [5, 5.41) is 12.0. The van der Waals surface area contributed by atoms with Crippen LogP contribution < -0.4 is 10.1 Å². The van der Waals surface area contributed by atoms with E-state index in [2.05, 4.69) is 5.32 Å². The molecule has 6 nitrogen and oxygen atoms in total. The number of hydrogen-bond acceptors (Lipinski definition) is 4. The van der Waals surface area contributed by atoms with Gasteiger partial charge in [0.05, 0.1) is 0 Å². The highest BCUT2D eigenvalue weighted by Crippen LogP contribution is 2.17. The fourth-order valence-corrected chi connectivity index (χ4v) is 2.99. The number of carbonyl (C=O) groups excluding carboxylic acids is 1. The number of aliphatic carboxylic acids is 1. The molecule has 0 aromatic heterocycles. The minimum Gasteiger partial charge on any atom is -0.489 e. The molecule has 1 aliphatic rings. The number of amides is 1. The maximum atomic E-state index is 12.2. The van der Waals surface area contributed by atoms with Crippen LogP contribution in [0.3, 0.4) is 0 Å². The van der Waals surface area contributed by atoms with Gasteiger partial charge < -0.3 is 19.9 Å². The van der Waals surface area contributed by atoms with Gasteiger partial charge in [-0.1, -0.05) is 42.5 Å². The predicted molar refractivity (Wildman–Crippen MR) is 99.5 cm³/mol. The summed E-state index contributed by atoms with van der Waals surface area (Å²) in [6.07, 6.45) is 1.07. The van der Waals surface area contributed by atoms with Crippen LogP contribution in [0.5, 0.6) is 5.75 Å². The minimum absolute atomic E-state index is 0.177. The first-order valence-electron chi connectivity index (χ1n) is 9.02. The van der Waals surface area contributed by atoms with Gasteiger partial charge in [0.2, 0.25) is 5.91 Å². The van der Waals surface area contributed by atoms with Crippen LogP contribution in [-0.2, 0) is 27.4 Å². The quantitative estimate of drug-likeness (QED) is 0.747. The maximum absolute atomic E-state index is 12.2. The molecular weight excluding hydrogens is 346 g/mol. The van der Waals surface area contributed by atoms with Gasteiger partial charge in [-0.2, -0.15) is 0 Å². The van der Waals surface area contributed by atoms with Gasteiger partial charge in [0.15, 0.2) is 0 Å². The number of ether oxygens (including phenoxy) is 2. The van der Waals surface area contributed by atoms with E-state index in [-0.39, 0.29) is 12.3 Å². The molecule has 0 bridgehead atoms. The fraction of sp³-hybridized carbons (Fsp3) is 0.333. The van der Waals surface area contributed by atoms with Crippen LogP contribution in [0.4, 0.5) is 0 Å². The van der Waals surface area contributed by atoms with E-state index in [0.717, 1.165) is 17.5 Å². The summed E-state index contributed by atoms with van der Waals surface area (Å²) in [5.41, 5.74) is 1.83. The molecule has 0 aliphatic carbocycles. The molecule has 0 saturated carbocycles. The van der Waals surface area contributed by atoms with Gasteiger partial charge in [0.25, 0.3) is 0 Å². The van der Waals surface area contributed by atoms with Crippen LogP contribution >= 0.6 is 0 Å². The summed E-state index contributed by atoms with van der Waals surface area (Å²) in [5.74, 6) is -0.778. The predicted octanol–water partition coefficient (Wildman–Crippen LogP) is 2.56. The highest BCUT2D eigenvalue weighted by molar-refractivity contribution is 5.86. The van der Waals surface area contributed by atoms with Crippen molar-refractivity contribution in [3.63, 3.8) is 0 Å². The summed E-state index contributed by atoms with van der Waals surface area (Å²) in [6, 6.07) is 16.1. The number of nitrogens with one attached hydrogen (secondary N) is 1. The average molecular weight is 369 g/mol. The molecule has 2 N–H and O–H groups in total. The van der Waals surface area contributed by atoms with Crippen LogP contribution in [0.15, 0.2) is 54.6 Å². The van der Waals surface area contributed by atoms with Crippen molar-refractivity contribution in [1.29, 1.82) is 0 Å². The van der Waals surface area contributed by atoms with Crippen LogP contribution in [0.2, 0.25) is 0 Å². The third-order valence-corrected chi connectivity index (χ3v) is 4.42. The van der Waals surface area contributed by atoms with E-state index < -0.39 is 18.1 Å². The monoisotopic (exact) mass is 369 g/mol. The molecule has 1 saturated heterocycles. The first-order chi connectivity index (χ1) is 13.1. The normalized spacial score (nSPS) is 17.3. The standard InChI is InChI=1S/C21H23NO5/c23-20(19-10-5-11-26-19)22-18(21(24)25)13-16-8-4-9-17(12-16)27-14-15-6-2-1-3-7-15/h1-4,6-9,12,18-19H,5,10-11,13-14H2,(H,22,23)(H,24,25)/t18-,19-/m1/s1. The van der Waals surface area contributed by atoms with Crippen molar-refractivity contribution in [2.45, 2.75) is 38.0 Å². The Bertz CT molecular complexity index is 771. The van der Waals surface area contributed by atoms with Gasteiger partial charge in [-0.05, 0) is 36.1 Å². The highest BCUT2D eigenvalue weighted by Gasteiger charge is 2.28. The largest absolute Gasteiger partial charge is 0.489 e. The van der Waals surface area contributed by atoms with Crippen LogP contribution in [0.1, 0.15) is 24.0 Å². The molecule has 3 rings (SSSR count). The van der Waals surface area contributed by atoms with Crippen molar-refractivity contribution in [3.05, 3.63) is 65.7 Å². The van der Waals surface area contributed by atoms with Gasteiger partial charge >= 0.3 is 5.97 Å². The average Bonchev–Trinajstić information content (AvgIpc) is 3.22. The Balaban J connectivity index is 1.60. The molecule has 0 unspecified atom stereocenters. The first-order valence-corrected chi connectivity index (χ1v) is 9.02. The zero-order valence-electron chi connectivity index (χ0n) is 15.0. The Morgan fingerprint density at radius 1 is 1.15 bits per heavy atom. The summed E-state index contributed by atoms with van der Waals surface area (Å²) in [6.45, 7) is 0.971. The zero-order valence-corrected chi connectivity index (χ0v) is 15.0. The number of carboxylic acids is 1. The Labute approximate surface area is 158 Å². The first kappa shape index (κ1) is 18.9. The van der Waals surface area contributed by atoms with Gasteiger partial charge in [0.1, 0.15) is 24.5 Å². The molecule has 1 heterocycles. The van der Waals surface area contributed by atoms with E-state index >= 15 is 0 Å². The van der Waals surface area contributed by atoms with Crippen LogP contribution in [0.25, 0.3) is 0 Å². The molecule has 1 amide bonds. The smallest absolute Gasteiger partial charge is 0.326 e. The maximum Gasteiger partial charge on any atom is 0.326 e. The number of carboxylic acid groups (broad SMARTS) is 1. The lowest BCUT2D eigenvalue weighted by Crippen LogP contribution is -2.46. The lowest BCUT2D eigenvalue weighted by Gasteiger charge is -2.17. The molecule has 142 valence electrons. The second-order valence-electron chi connectivity index (χ2n) is 6.53. The summed E-state index contributed by atoms with van der Waals surface area (Å²) < 4.78 is 11.1. The van der Waals surface area contributed by atoms with Crippen molar-refractivity contribution < 1.29 is 24.2 Å². The van der Waals surface area contributed by atoms with Gasteiger partial charge in [-0.3, -0.25) is 4.79 Å². The zero-order chi connectivity index (χ0) is 19.1. The van der Waals surface area contributed by atoms with E-state index in [4.69, 9.17) is 9.47 Å². The Hall–Kier alpha value is -2.86. The number of hydrogen-bond donors (Lipinski definition) is 2. The van der Waals surface area contributed by atoms with E-state index in [9.17, 15) is 14.7 Å². The van der Waals surface area contributed by atoms with E-state index in [1.165, 1.54) is 0 Å². The molecule has 1 aliphatic heterocycles. The Kier molecular flexibility index (Phi) is 6.44. The van der Waals surface area contributed by atoms with Crippen molar-refractivity contribution >= 4 is 11.9 Å². The van der Waals surface area contributed by atoms with Gasteiger partial charge in [-0.25, -0.2) is 4.79 Å². The fourth-order valence-electron chi connectivity index (χ4n) is 2.99. The SMILES string of the molecule is O=C(O)[C@@H](Cc1cccc(OCc2ccccc2)c1)NC(=O)[C@H]1CCCO1. The molecule has 27 heavy (non-hydrogen) atoms. The number of carbonyl (C=O) groups is 2. The van der Waals surface area contributed by atoms with E-state index in [1.807, 2.05) is 48.5 Å². The third kappa shape index (κ3) is 5.56. The van der Waals surface area contributed by atoms with Gasteiger partial charge in [-0.15, -0.1) is 0 Å². The highest BCUT2D eigenvalue weighted by atomic mass is 16.5. The summed E-state index contributed by atoms with van der Waals surface area (Å²) in [7, 11) is 0. The number of rotatable bonds is 8. The molecular formula is C21H23NO5. The lowest BCUT2D eigenvalue weighted by atomic mass is 10.1. The van der Waals surface area contributed by atoms with Crippen LogP contribution in [-0.4, -0.2) is 35.7 Å². The lowest BCUT2D eigenvalue weighted by molar-refractivity contribution is -0.143. The van der Waals surface area contributed by atoms with Gasteiger partial charge in [0, 0.05) is 13.0 Å². The topological polar surface area (TPSA) is 84.9 Å². The molecule has 0 spiro atoms. The third-order valence-electron chi connectivity index (χ3n) is 4.42. The molecule has 0 radical (unpaired) electrons. The Morgan fingerprint density at radius 3 is 2.63 bits per heavy atom. The van der Waals surface area contributed by atoms with Crippen molar-refractivity contribution in [2.75, 3.05) is 6.61 Å². The van der Waals surface area contributed by atoms with Crippen LogP contribution in [0, 0.1) is 0 Å². The minimum atomic E-state index is -1.07. The Morgan fingerprint density at radius 2 is 1.93 bits per heavy atom. The second kappa shape index (κ2) is 9.19. The van der Waals surface area contributed by atoms with Crippen molar-refractivity contribution in [1.82, 2.24) is 5.32 Å². The molecule has 2 aromatic rings. The second-order valence-corrected chi connectivity index (χ2v) is 6.53. The van der Waals surface area contributed by atoms with Crippen molar-refractivity contribution in [2.24, 2.45) is 0 Å². The van der Waals surface area contributed by atoms with Crippen molar-refractivity contribution in [3.8, 4) is 5.75 Å². The molecule has 2 atom stereocenters. The number of benzene rings is 2. The van der Waals surface area contributed by atoms with E-state index in [1.54, 1.807) is 6.07 Å².